The molecule has 2 rings (SSSR count). The molecule has 1 aromatic carbocycles. The quantitative estimate of drug-likeness (QED) is 0.489. The fourth-order valence-corrected chi connectivity index (χ4v) is 1.86. The molecule has 0 amide bonds. The molecule has 98 valence electrons. The van der Waals surface area contributed by atoms with Gasteiger partial charge in [0.25, 0.3) is 11.1 Å². The number of benzene rings is 1. The van der Waals surface area contributed by atoms with Crippen LogP contribution in [0.4, 0.5) is 5.69 Å². The molecule has 1 aromatic heterocycles. The lowest BCUT2D eigenvalue weighted by atomic mass is 10.1. The Morgan fingerprint density at radius 1 is 1.32 bits per heavy atom. The highest BCUT2D eigenvalue weighted by Crippen LogP contribution is 2.16. The van der Waals surface area contributed by atoms with Crippen molar-refractivity contribution in [2.75, 3.05) is 11.9 Å². The van der Waals surface area contributed by atoms with Crippen LogP contribution < -0.4 is 21.8 Å². The molecule has 4 N–H and O–H groups in total. The Hall–Kier alpha value is -2.41. The van der Waals surface area contributed by atoms with Crippen LogP contribution in [0.2, 0.25) is 0 Å². The normalized spacial score (nSPS) is 10.1. The highest BCUT2D eigenvalue weighted by Gasteiger charge is 2.08. The second-order valence-corrected chi connectivity index (χ2v) is 4.17. The van der Waals surface area contributed by atoms with Gasteiger partial charge in [0.05, 0.1) is 16.5 Å². The molecule has 0 aliphatic carbocycles. The van der Waals surface area contributed by atoms with E-state index in [9.17, 15) is 9.59 Å². The van der Waals surface area contributed by atoms with Crippen molar-refractivity contribution in [2.24, 2.45) is 0 Å². The molecule has 0 unspecified atom stereocenters. The summed E-state index contributed by atoms with van der Waals surface area (Å²) in [4.78, 5) is 23.4. The zero-order valence-corrected chi connectivity index (χ0v) is 10.8. The topological polar surface area (TPSA) is 89.8 Å². The lowest BCUT2D eigenvalue weighted by Gasteiger charge is -2.10. The molecule has 2 aromatic rings. The predicted octanol–water partition coefficient (Wildman–Crippen LogP) is 0.689. The number of anilines is 1. The molecule has 0 fully saturated rings. The molecule has 0 saturated heterocycles. The minimum absolute atomic E-state index is 0.272. The number of aromatic amines is 2. The van der Waals surface area contributed by atoms with Gasteiger partial charge in [0.1, 0.15) is 0 Å². The Labute approximate surface area is 113 Å². The molecule has 0 spiro atoms. The first-order valence-electron chi connectivity index (χ1n) is 5.53. The minimum atomic E-state index is -0.385. The largest absolute Gasteiger partial charge is 0.359 e. The average molecular weight is 276 g/mol. The molecule has 7 heteroatoms. The number of rotatable bonds is 3. The molecule has 0 aliphatic rings. The van der Waals surface area contributed by atoms with Crippen LogP contribution in [0.5, 0.6) is 0 Å². The molecular weight excluding hydrogens is 264 g/mol. The average Bonchev–Trinajstić information content (AvgIpc) is 2.41. The highest BCUT2D eigenvalue weighted by atomic mass is 32.1. The maximum absolute atomic E-state index is 11.8. The van der Waals surface area contributed by atoms with Crippen LogP contribution in [0.1, 0.15) is 0 Å². The van der Waals surface area contributed by atoms with Crippen molar-refractivity contribution in [3.8, 4) is 0 Å². The molecule has 0 bridgehead atoms. The molecule has 0 aliphatic heterocycles. The number of aromatic nitrogens is 2. The van der Waals surface area contributed by atoms with Crippen molar-refractivity contribution in [1.82, 2.24) is 15.5 Å². The van der Waals surface area contributed by atoms with Crippen molar-refractivity contribution in [3.05, 3.63) is 51.6 Å². The highest BCUT2D eigenvalue weighted by molar-refractivity contribution is 7.80. The van der Waals surface area contributed by atoms with E-state index in [0.29, 0.717) is 22.7 Å². The van der Waals surface area contributed by atoms with Crippen molar-refractivity contribution in [3.63, 3.8) is 0 Å². The summed E-state index contributed by atoms with van der Waals surface area (Å²) in [6.07, 6.45) is 1.66. The van der Waals surface area contributed by atoms with E-state index < -0.39 is 0 Å². The Morgan fingerprint density at radius 3 is 2.79 bits per heavy atom. The van der Waals surface area contributed by atoms with E-state index in [-0.39, 0.29) is 16.5 Å². The van der Waals surface area contributed by atoms with E-state index >= 15 is 0 Å². The first-order valence-corrected chi connectivity index (χ1v) is 5.93. The number of fused-ring (bicyclic) bond motifs is 1. The lowest BCUT2D eigenvalue weighted by molar-refractivity contribution is 0.977. The fraction of sp³-hybridized carbons (Fsp3) is 0.0833. The van der Waals surface area contributed by atoms with Gasteiger partial charge in [-0.1, -0.05) is 12.1 Å². The number of hydrogen-bond acceptors (Lipinski definition) is 3. The van der Waals surface area contributed by atoms with Gasteiger partial charge >= 0.3 is 0 Å². The molecule has 1 heterocycles. The maximum Gasteiger partial charge on any atom is 0.272 e. The third-order valence-corrected chi connectivity index (χ3v) is 2.73. The van der Waals surface area contributed by atoms with Gasteiger partial charge in [-0.3, -0.25) is 19.8 Å². The summed E-state index contributed by atoms with van der Waals surface area (Å²) < 4.78 is 0. The maximum atomic E-state index is 11.8. The van der Waals surface area contributed by atoms with Gasteiger partial charge in [-0.2, -0.15) is 0 Å². The van der Waals surface area contributed by atoms with Gasteiger partial charge < -0.3 is 10.6 Å². The summed E-state index contributed by atoms with van der Waals surface area (Å²) in [5.41, 5.74) is -0.265. The Balaban J connectivity index is 2.47. The second kappa shape index (κ2) is 5.49. The smallest absolute Gasteiger partial charge is 0.272 e. The van der Waals surface area contributed by atoms with Crippen LogP contribution in [0.15, 0.2) is 40.4 Å². The van der Waals surface area contributed by atoms with Gasteiger partial charge in [0.2, 0.25) is 0 Å². The molecule has 0 saturated carbocycles. The first-order chi connectivity index (χ1) is 9.13. The summed E-state index contributed by atoms with van der Waals surface area (Å²) in [6.45, 7) is 4.07. The SMILES string of the molecule is C=CCNC(=S)Nc1cccc2c(=O)[nH][nH]c(=O)c12. The van der Waals surface area contributed by atoms with E-state index in [4.69, 9.17) is 12.2 Å². The van der Waals surface area contributed by atoms with Crippen LogP contribution in [-0.4, -0.2) is 21.9 Å². The first kappa shape index (κ1) is 13.0. The van der Waals surface area contributed by atoms with E-state index in [1.54, 1.807) is 24.3 Å². The second-order valence-electron chi connectivity index (χ2n) is 3.76. The van der Waals surface area contributed by atoms with Crippen molar-refractivity contribution in [2.45, 2.75) is 0 Å². The van der Waals surface area contributed by atoms with E-state index in [0.717, 1.165) is 0 Å². The number of hydrogen-bond donors (Lipinski definition) is 4. The van der Waals surface area contributed by atoms with Crippen LogP contribution in [0, 0.1) is 0 Å². The monoisotopic (exact) mass is 276 g/mol. The third kappa shape index (κ3) is 2.71. The zero-order valence-electron chi connectivity index (χ0n) is 9.95. The summed E-state index contributed by atoms with van der Waals surface area (Å²) in [6, 6.07) is 4.93. The van der Waals surface area contributed by atoms with Gasteiger partial charge in [0, 0.05) is 6.54 Å². The molecule has 0 radical (unpaired) electrons. The number of thiocarbonyl (C=S) groups is 1. The van der Waals surface area contributed by atoms with Crippen LogP contribution >= 0.6 is 12.2 Å². The van der Waals surface area contributed by atoms with Crippen molar-refractivity contribution in [1.29, 1.82) is 0 Å². The number of H-pyrrole nitrogens is 2. The Kier molecular flexibility index (Phi) is 3.76. The standard InChI is InChI=1S/C12H12N4O2S/c1-2-6-13-12(19)14-8-5-3-4-7-9(8)11(18)16-15-10(7)17/h2-5H,1,6H2,(H,15,17)(H,16,18)(H2,13,14,19). The van der Waals surface area contributed by atoms with E-state index in [1.165, 1.54) is 0 Å². The zero-order chi connectivity index (χ0) is 13.8. The van der Waals surface area contributed by atoms with Gasteiger partial charge in [0.15, 0.2) is 5.11 Å². The van der Waals surface area contributed by atoms with Crippen LogP contribution in [0.3, 0.4) is 0 Å². The molecule has 6 nitrogen and oxygen atoms in total. The Morgan fingerprint density at radius 2 is 2.05 bits per heavy atom. The van der Waals surface area contributed by atoms with Gasteiger partial charge in [-0.15, -0.1) is 6.58 Å². The van der Waals surface area contributed by atoms with E-state index in [2.05, 4.69) is 27.4 Å². The lowest BCUT2D eigenvalue weighted by Crippen LogP contribution is -2.29. The van der Waals surface area contributed by atoms with Crippen LogP contribution in [0.25, 0.3) is 10.8 Å². The van der Waals surface area contributed by atoms with Gasteiger partial charge in [-0.05, 0) is 24.4 Å². The van der Waals surface area contributed by atoms with Crippen LogP contribution in [-0.2, 0) is 0 Å². The van der Waals surface area contributed by atoms with Crippen molar-refractivity contribution >= 4 is 33.8 Å². The summed E-state index contributed by atoms with van der Waals surface area (Å²) in [5.74, 6) is 0. The fourth-order valence-electron chi connectivity index (χ4n) is 1.67. The Bertz CT molecular complexity index is 747. The molecular formula is C12H12N4O2S. The van der Waals surface area contributed by atoms with Crippen molar-refractivity contribution < 1.29 is 0 Å². The summed E-state index contributed by atoms with van der Waals surface area (Å²) in [5, 5.41) is 11.3. The molecule has 19 heavy (non-hydrogen) atoms. The van der Waals surface area contributed by atoms with Gasteiger partial charge in [-0.25, -0.2) is 0 Å². The van der Waals surface area contributed by atoms with E-state index in [1.807, 2.05) is 0 Å². The minimum Gasteiger partial charge on any atom is -0.359 e. The predicted molar refractivity (Wildman–Crippen MR) is 79.6 cm³/mol. The summed E-state index contributed by atoms with van der Waals surface area (Å²) in [7, 11) is 0. The summed E-state index contributed by atoms with van der Waals surface area (Å²) >= 11 is 5.07. The number of nitrogens with one attached hydrogen (secondary N) is 4. The molecule has 0 atom stereocenters. The third-order valence-electron chi connectivity index (χ3n) is 2.48.